The van der Waals surface area contributed by atoms with Crippen LogP contribution in [-0.4, -0.2) is 42.4 Å². The summed E-state index contributed by atoms with van der Waals surface area (Å²) in [5.41, 5.74) is 8.31. The third kappa shape index (κ3) is 4.15. The third-order valence-electron chi connectivity index (χ3n) is 4.63. The minimum atomic E-state index is -0.554. The van der Waals surface area contributed by atoms with Gasteiger partial charge in [-0.05, 0) is 29.7 Å². The molecule has 3 N–H and O–H groups in total. The van der Waals surface area contributed by atoms with Crippen molar-refractivity contribution in [2.24, 2.45) is 5.73 Å². The number of anilines is 1. The van der Waals surface area contributed by atoms with Gasteiger partial charge in [0, 0.05) is 6.54 Å². The van der Waals surface area contributed by atoms with E-state index in [1.165, 1.54) is 7.11 Å². The van der Waals surface area contributed by atoms with Crippen LogP contribution in [0.2, 0.25) is 0 Å². The SMILES string of the molecule is COC(=O)c1ccccc1NC(=O)CN1Cc2ccccc2CC1C(N)=O. The fourth-order valence-electron chi connectivity index (χ4n) is 3.28. The van der Waals surface area contributed by atoms with Gasteiger partial charge < -0.3 is 15.8 Å². The molecule has 0 saturated heterocycles. The molecule has 2 aromatic rings. The van der Waals surface area contributed by atoms with Crippen molar-refractivity contribution in [1.29, 1.82) is 0 Å². The Hall–Kier alpha value is -3.19. The van der Waals surface area contributed by atoms with Gasteiger partial charge in [0.05, 0.1) is 30.9 Å². The fourth-order valence-corrected chi connectivity index (χ4v) is 3.28. The number of methoxy groups -OCH3 is 1. The average Bonchev–Trinajstić information content (AvgIpc) is 2.67. The maximum absolute atomic E-state index is 12.6. The Labute approximate surface area is 157 Å². The van der Waals surface area contributed by atoms with E-state index in [-0.39, 0.29) is 18.0 Å². The highest BCUT2D eigenvalue weighted by molar-refractivity contribution is 6.01. The van der Waals surface area contributed by atoms with Crippen LogP contribution in [-0.2, 0) is 27.3 Å². The van der Waals surface area contributed by atoms with E-state index in [1.54, 1.807) is 29.2 Å². The predicted octanol–water partition coefficient (Wildman–Crippen LogP) is 1.32. The number of para-hydroxylation sites is 1. The van der Waals surface area contributed by atoms with Crippen LogP contribution >= 0.6 is 0 Å². The van der Waals surface area contributed by atoms with Crippen molar-refractivity contribution in [3.8, 4) is 0 Å². The monoisotopic (exact) mass is 367 g/mol. The number of ether oxygens (including phenoxy) is 1. The molecule has 1 atom stereocenters. The van der Waals surface area contributed by atoms with E-state index in [0.717, 1.165) is 11.1 Å². The number of carbonyl (C=O) groups excluding carboxylic acids is 3. The summed E-state index contributed by atoms with van der Waals surface area (Å²) < 4.78 is 4.73. The average molecular weight is 367 g/mol. The highest BCUT2D eigenvalue weighted by Crippen LogP contribution is 2.23. The highest BCUT2D eigenvalue weighted by atomic mass is 16.5. The van der Waals surface area contributed by atoms with E-state index in [4.69, 9.17) is 10.5 Å². The zero-order valence-corrected chi connectivity index (χ0v) is 15.0. The molecule has 7 nitrogen and oxygen atoms in total. The van der Waals surface area contributed by atoms with E-state index in [9.17, 15) is 14.4 Å². The van der Waals surface area contributed by atoms with Gasteiger partial charge >= 0.3 is 5.97 Å². The van der Waals surface area contributed by atoms with Crippen LogP contribution in [0.5, 0.6) is 0 Å². The Balaban J connectivity index is 1.75. The van der Waals surface area contributed by atoms with E-state index in [1.807, 2.05) is 24.3 Å². The first-order valence-corrected chi connectivity index (χ1v) is 8.57. The summed E-state index contributed by atoms with van der Waals surface area (Å²) in [5, 5.41) is 2.72. The summed E-state index contributed by atoms with van der Waals surface area (Å²) >= 11 is 0. The maximum Gasteiger partial charge on any atom is 0.339 e. The summed E-state index contributed by atoms with van der Waals surface area (Å²) in [6.45, 7) is 0.438. The molecule has 0 fully saturated rings. The van der Waals surface area contributed by atoms with Crippen LogP contribution in [0.4, 0.5) is 5.69 Å². The molecule has 2 amide bonds. The van der Waals surface area contributed by atoms with Crippen molar-refractivity contribution in [3.63, 3.8) is 0 Å². The molecule has 1 aliphatic rings. The van der Waals surface area contributed by atoms with Crippen LogP contribution in [0.3, 0.4) is 0 Å². The molecule has 0 bridgehead atoms. The lowest BCUT2D eigenvalue weighted by atomic mass is 9.93. The van der Waals surface area contributed by atoms with Gasteiger partial charge in [-0.25, -0.2) is 4.79 Å². The van der Waals surface area contributed by atoms with Crippen LogP contribution in [0, 0.1) is 0 Å². The Morgan fingerprint density at radius 1 is 1.11 bits per heavy atom. The number of nitrogens with zero attached hydrogens (tertiary/aromatic N) is 1. The number of fused-ring (bicyclic) bond motifs is 1. The Bertz CT molecular complexity index is 881. The van der Waals surface area contributed by atoms with Gasteiger partial charge in [-0.15, -0.1) is 0 Å². The lowest BCUT2D eigenvalue weighted by Gasteiger charge is -2.34. The van der Waals surface area contributed by atoms with Gasteiger partial charge in [0.25, 0.3) is 0 Å². The van der Waals surface area contributed by atoms with Gasteiger partial charge in [0.2, 0.25) is 11.8 Å². The maximum atomic E-state index is 12.6. The number of rotatable bonds is 5. The van der Waals surface area contributed by atoms with Crippen molar-refractivity contribution in [2.45, 2.75) is 19.0 Å². The number of carbonyl (C=O) groups is 3. The fraction of sp³-hybridized carbons (Fsp3) is 0.250. The number of hydrogen-bond acceptors (Lipinski definition) is 5. The van der Waals surface area contributed by atoms with Crippen molar-refractivity contribution >= 4 is 23.5 Å². The van der Waals surface area contributed by atoms with Crippen molar-refractivity contribution in [2.75, 3.05) is 19.0 Å². The molecule has 0 aliphatic carbocycles. The summed E-state index contributed by atoms with van der Waals surface area (Å²) in [6.07, 6.45) is 0.470. The molecule has 0 saturated carbocycles. The van der Waals surface area contributed by atoms with E-state index >= 15 is 0 Å². The Morgan fingerprint density at radius 3 is 2.48 bits per heavy atom. The molecule has 7 heteroatoms. The summed E-state index contributed by atoms with van der Waals surface area (Å²) in [7, 11) is 1.28. The molecule has 0 spiro atoms. The van der Waals surface area contributed by atoms with Crippen LogP contribution < -0.4 is 11.1 Å². The quantitative estimate of drug-likeness (QED) is 0.776. The lowest BCUT2D eigenvalue weighted by molar-refractivity contribution is -0.125. The number of hydrogen-bond donors (Lipinski definition) is 2. The first kappa shape index (κ1) is 18.6. The molecule has 0 radical (unpaired) electrons. The molecule has 1 heterocycles. The minimum Gasteiger partial charge on any atom is -0.465 e. The van der Waals surface area contributed by atoms with Crippen molar-refractivity contribution < 1.29 is 19.1 Å². The molecule has 0 aromatic heterocycles. The largest absolute Gasteiger partial charge is 0.465 e. The second-order valence-electron chi connectivity index (χ2n) is 6.38. The van der Waals surface area contributed by atoms with Gasteiger partial charge in [-0.1, -0.05) is 36.4 Å². The predicted molar refractivity (Wildman–Crippen MR) is 99.9 cm³/mol. The normalized spacial score (nSPS) is 16.3. The minimum absolute atomic E-state index is 0.0164. The number of esters is 1. The molecular formula is C20H21N3O4. The van der Waals surface area contributed by atoms with E-state index in [2.05, 4.69) is 5.32 Å². The van der Waals surface area contributed by atoms with Crippen LogP contribution in [0.1, 0.15) is 21.5 Å². The molecule has 3 rings (SSSR count). The van der Waals surface area contributed by atoms with Crippen LogP contribution in [0.15, 0.2) is 48.5 Å². The zero-order valence-electron chi connectivity index (χ0n) is 15.0. The Kier molecular flexibility index (Phi) is 5.52. The van der Waals surface area contributed by atoms with Crippen molar-refractivity contribution in [3.05, 3.63) is 65.2 Å². The summed E-state index contributed by atoms with van der Waals surface area (Å²) in [4.78, 5) is 38.0. The smallest absolute Gasteiger partial charge is 0.339 e. The molecule has 27 heavy (non-hydrogen) atoms. The van der Waals surface area contributed by atoms with Crippen molar-refractivity contribution in [1.82, 2.24) is 4.90 Å². The van der Waals surface area contributed by atoms with Gasteiger partial charge in [0.1, 0.15) is 0 Å². The van der Waals surface area contributed by atoms with Gasteiger partial charge in [0.15, 0.2) is 0 Å². The summed E-state index contributed by atoms with van der Waals surface area (Å²) in [5.74, 6) is -1.34. The number of nitrogens with one attached hydrogen (secondary N) is 1. The first-order chi connectivity index (χ1) is 13.0. The molecular weight excluding hydrogens is 346 g/mol. The lowest BCUT2D eigenvalue weighted by Crippen LogP contribution is -2.50. The second kappa shape index (κ2) is 8.01. The van der Waals surface area contributed by atoms with Gasteiger partial charge in [-0.3, -0.25) is 14.5 Å². The second-order valence-corrected chi connectivity index (χ2v) is 6.38. The third-order valence-corrected chi connectivity index (χ3v) is 4.63. The summed E-state index contributed by atoms with van der Waals surface area (Å²) in [6, 6.07) is 13.8. The molecule has 1 unspecified atom stereocenters. The molecule has 2 aromatic carbocycles. The number of amides is 2. The van der Waals surface area contributed by atoms with E-state index < -0.39 is 17.9 Å². The standard InChI is InChI=1S/C20H21N3O4/c1-27-20(26)15-8-4-5-9-16(15)22-18(24)12-23-11-14-7-3-2-6-13(14)10-17(23)19(21)25/h2-9,17H,10-12H2,1H3,(H2,21,25)(H,22,24). The number of benzene rings is 2. The Morgan fingerprint density at radius 2 is 1.78 bits per heavy atom. The molecule has 140 valence electrons. The number of primary amides is 1. The number of nitrogens with two attached hydrogens (primary N) is 1. The zero-order chi connectivity index (χ0) is 19.4. The molecule has 1 aliphatic heterocycles. The highest BCUT2D eigenvalue weighted by Gasteiger charge is 2.31. The van der Waals surface area contributed by atoms with Crippen LogP contribution in [0.25, 0.3) is 0 Å². The first-order valence-electron chi connectivity index (χ1n) is 8.57. The van der Waals surface area contributed by atoms with Gasteiger partial charge in [-0.2, -0.15) is 0 Å². The van der Waals surface area contributed by atoms with E-state index in [0.29, 0.717) is 18.7 Å². The topological polar surface area (TPSA) is 102 Å².